The minimum absolute atomic E-state index is 0.141. The molecule has 0 bridgehead atoms. The van der Waals surface area contributed by atoms with Crippen molar-refractivity contribution in [1.82, 2.24) is 10.2 Å². The van der Waals surface area contributed by atoms with E-state index in [2.05, 4.69) is 29.4 Å². The Kier molecular flexibility index (Phi) is 6.39. The summed E-state index contributed by atoms with van der Waals surface area (Å²) in [5, 5.41) is 30.0. The minimum Gasteiger partial charge on any atom is -0.478 e. The van der Waals surface area contributed by atoms with Crippen LogP contribution < -0.4 is 5.32 Å². The Hall–Kier alpha value is -3.77. The molecule has 30 heavy (non-hydrogen) atoms. The maximum Gasteiger partial charge on any atom is 0.335 e. The van der Waals surface area contributed by atoms with Crippen LogP contribution >= 0.6 is 11.3 Å². The van der Waals surface area contributed by atoms with Crippen LogP contribution in [0, 0.1) is 17.2 Å². The number of carbonyl (C=O) groups is 2. The lowest BCUT2D eigenvalue weighted by molar-refractivity contribution is -0.112. The normalized spacial score (nSPS) is 11.3. The predicted octanol–water partition coefficient (Wildman–Crippen LogP) is 4.24. The predicted molar refractivity (Wildman–Crippen MR) is 112 cm³/mol. The van der Waals surface area contributed by atoms with Crippen LogP contribution in [0.3, 0.4) is 0 Å². The first kappa shape index (κ1) is 21.0. The van der Waals surface area contributed by atoms with Crippen molar-refractivity contribution in [2.45, 2.75) is 20.3 Å². The Labute approximate surface area is 176 Å². The van der Waals surface area contributed by atoms with Gasteiger partial charge in [0.15, 0.2) is 0 Å². The van der Waals surface area contributed by atoms with Crippen LogP contribution in [0.1, 0.15) is 35.0 Å². The van der Waals surface area contributed by atoms with Crippen molar-refractivity contribution in [1.29, 1.82) is 5.26 Å². The van der Waals surface area contributed by atoms with Crippen LogP contribution in [-0.2, 0) is 11.2 Å². The van der Waals surface area contributed by atoms with E-state index in [0.29, 0.717) is 28.1 Å². The highest BCUT2D eigenvalue weighted by Gasteiger charge is 2.15. The summed E-state index contributed by atoms with van der Waals surface area (Å²) in [7, 11) is 0. The molecule has 2 N–H and O–H groups in total. The maximum atomic E-state index is 12.4. The van der Waals surface area contributed by atoms with Gasteiger partial charge in [0.2, 0.25) is 5.13 Å². The van der Waals surface area contributed by atoms with Crippen molar-refractivity contribution in [2.75, 3.05) is 5.32 Å². The molecule has 0 fully saturated rings. The van der Waals surface area contributed by atoms with Gasteiger partial charge in [0.1, 0.15) is 28.2 Å². The molecule has 152 valence electrons. The number of amides is 1. The van der Waals surface area contributed by atoms with E-state index >= 15 is 0 Å². The fraction of sp³-hybridized carbons (Fsp3) is 0.190. The SMILES string of the molecule is CC(C)Cc1nnc(NC(=O)/C(C#N)=C\c2ccc(-c3ccc(C(=O)O)cc3)o2)s1. The van der Waals surface area contributed by atoms with Gasteiger partial charge in [-0.1, -0.05) is 37.3 Å². The zero-order valence-electron chi connectivity index (χ0n) is 16.2. The first-order valence-electron chi connectivity index (χ1n) is 9.05. The van der Waals surface area contributed by atoms with Gasteiger partial charge in [-0.05, 0) is 30.2 Å². The van der Waals surface area contributed by atoms with Gasteiger partial charge in [0.05, 0.1) is 5.56 Å². The van der Waals surface area contributed by atoms with E-state index in [0.717, 1.165) is 11.4 Å². The number of anilines is 1. The summed E-state index contributed by atoms with van der Waals surface area (Å²) in [4.78, 5) is 23.3. The van der Waals surface area contributed by atoms with Crippen molar-refractivity contribution in [2.24, 2.45) is 5.92 Å². The monoisotopic (exact) mass is 422 g/mol. The number of hydrogen-bond acceptors (Lipinski definition) is 7. The van der Waals surface area contributed by atoms with Crippen LogP contribution in [0.4, 0.5) is 5.13 Å². The number of nitrogens with one attached hydrogen (secondary N) is 1. The van der Waals surface area contributed by atoms with Crippen molar-refractivity contribution in [3.8, 4) is 17.4 Å². The highest BCUT2D eigenvalue weighted by atomic mass is 32.1. The van der Waals surface area contributed by atoms with Crippen molar-refractivity contribution in [3.63, 3.8) is 0 Å². The summed E-state index contributed by atoms with van der Waals surface area (Å²) >= 11 is 1.27. The molecule has 0 aliphatic heterocycles. The van der Waals surface area contributed by atoms with Crippen LogP contribution in [0.2, 0.25) is 0 Å². The molecular weight excluding hydrogens is 404 g/mol. The molecule has 0 aliphatic rings. The van der Waals surface area contributed by atoms with Crippen molar-refractivity contribution < 1.29 is 19.1 Å². The number of carboxylic acids is 1. The number of nitriles is 1. The number of furan rings is 1. The van der Waals surface area contributed by atoms with E-state index in [1.54, 1.807) is 24.3 Å². The average Bonchev–Trinajstić information content (AvgIpc) is 3.35. The third kappa shape index (κ3) is 5.18. The zero-order chi connectivity index (χ0) is 21.7. The van der Waals surface area contributed by atoms with E-state index < -0.39 is 11.9 Å². The molecule has 0 aliphatic carbocycles. The van der Waals surface area contributed by atoms with Crippen LogP contribution in [-0.4, -0.2) is 27.2 Å². The number of rotatable bonds is 7. The molecule has 0 unspecified atom stereocenters. The maximum absolute atomic E-state index is 12.4. The molecule has 0 saturated heterocycles. The molecule has 0 saturated carbocycles. The second-order valence-electron chi connectivity index (χ2n) is 6.81. The lowest BCUT2D eigenvalue weighted by Crippen LogP contribution is -2.13. The first-order valence-corrected chi connectivity index (χ1v) is 9.86. The number of hydrogen-bond donors (Lipinski definition) is 2. The molecule has 1 amide bonds. The lowest BCUT2D eigenvalue weighted by atomic mass is 10.1. The number of aromatic carboxylic acids is 1. The smallest absolute Gasteiger partial charge is 0.335 e. The minimum atomic E-state index is -1.01. The molecule has 0 spiro atoms. The van der Waals surface area contributed by atoms with Gasteiger partial charge in [-0.3, -0.25) is 10.1 Å². The van der Waals surface area contributed by atoms with Gasteiger partial charge < -0.3 is 9.52 Å². The number of carboxylic acid groups (broad SMARTS) is 1. The van der Waals surface area contributed by atoms with Crippen molar-refractivity contribution >= 4 is 34.4 Å². The Morgan fingerprint density at radius 2 is 1.97 bits per heavy atom. The molecule has 1 aromatic carbocycles. The highest BCUT2D eigenvalue weighted by molar-refractivity contribution is 7.15. The fourth-order valence-electron chi connectivity index (χ4n) is 2.55. The van der Waals surface area contributed by atoms with Gasteiger partial charge in [-0.15, -0.1) is 10.2 Å². The van der Waals surface area contributed by atoms with Crippen molar-refractivity contribution in [3.05, 3.63) is 58.3 Å². The molecule has 2 aromatic heterocycles. The number of carbonyl (C=O) groups excluding carboxylic acids is 1. The quantitative estimate of drug-likeness (QED) is 0.430. The van der Waals surface area contributed by atoms with Gasteiger partial charge in [0, 0.05) is 18.1 Å². The van der Waals surface area contributed by atoms with E-state index in [-0.39, 0.29) is 11.1 Å². The standard InChI is InChI=1S/C21H18N4O4S/c1-12(2)9-18-24-25-21(30-18)23-19(26)15(11-22)10-16-7-8-17(29-16)13-3-5-14(6-4-13)20(27)28/h3-8,10,12H,9H2,1-2H3,(H,27,28)(H,23,25,26)/b15-10-. The van der Waals surface area contributed by atoms with Crippen LogP contribution in [0.25, 0.3) is 17.4 Å². The summed E-state index contributed by atoms with van der Waals surface area (Å²) in [5.74, 6) is -0.394. The number of nitrogens with zero attached hydrogens (tertiary/aromatic N) is 3. The molecule has 3 rings (SSSR count). The summed E-state index contributed by atoms with van der Waals surface area (Å²) in [6.45, 7) is 4.13. The van der Waals surface area contributed by atoms with Gasteiger partial charge in [-0.2, -0.15) is 5.26 Å². The molecule has 3 aromatic rings. The summed E-state index contributed by atoms with van der Waals surface area (Å²) < 4.78 is 5.67. The fourth-order valence-corrected chi connectivity index (χ4v) is 3.50. The van der Waals surface area contributed by atoms with Crippen LogP contribution in [0.5, 0.6) is 0 Å². The summed E-state index contributed by atoms with van der Waals surface area (Å²) in [6.07, 6.45) is 2.09. The van der Waals surface area contributed by atoms with Gasteiger partial charge >= 0.3 is 5.97 Å². The second kappa shape index (κ2) is 9.15. The Balaban J connectivity index is 1.73. The Morgan fingerprint density at radius 3 is 2.60 bits per heavy atom. The van der Waals surface area contributed by atoms with Crippen LogP contribution in [0.15, 0.2) is 46.4 Å². The van der Waals surface area contributed by atoms with Gasteiger partial charge in [0.25, 0.3) is 5.91 Å². The molecular formula is C21H18N4O4S. The third-order valence-electron chi connectivity index (χ3n) is 3.97. The van der Waals surface area contributed by atoms with E-state index in [4.69, 9.17) is 9.52 Å². The highest BCUT2D eigenvalue weighted by Crippen LogP contribution is 2.24. The molecule has 0 radical (unpaired) electrons. The van der Waals surface area contributed by atoms with E-state index in [9.17, 15) is 14.9 Å². The molecule has 2 heterocycles. The largest absolute Gasteiger partial charge is 0.478 e. The van der Waals surface area contributed by atoms with E-state index in [1.807, 2.05) is 6.07 Å². The topological polar surface area (TPSA) is 129 Å². The molecule has 8 nitrogen and oxygen atoms in total. The second-order valence-corrected chi connectivity index (χ2v) is 7.87. The number of aromatic nitrogens is 2. The Morgan fingerprint density at radius 1 is 1.23 bits per heavy atom. The summed E-state index contributed by atoms with van der Waals surface area (Å²) in [5.41, 5.74) is 0.703. The zero-order valence-corrected chi connectivity index (χ0v) is 17.1. The molecule has 9 heteroatoms. The van der Waals surface area contributed by atoms with Gasteiger partial charge in [-0.25, -0.2) is 4.79 Å². The Bertz CT molecular complexity index is 1140. The number of benzene rings is 1. The summed E-state index contributed by atoms with van der Waals surface area (Å²) in [6, 6.07) is 11.3. The first-order chi connectivity index (χ1) is 14.4. The molecule has 0 atom stereocenters. The lowest BCUT2D eigenvalue weighted by Gasteiger charge is -2.00. The van der Waals surface area contributed by atoms with E-state index in [1.165, 1.54) is 29.5 Å². The average molecular weight is 422 g/mol. The third-order valence-corrected chi connectivity index (χ3v) is 4.83.